The minimum Gasteiger partial charge on any atom is -0.482 e. The fourth-order valence-corrected chi connectivity index (χ4v) is 4.86. The third-order valence-electron chi connectivity index (χ3n) is 5.12. The predicted molar refractivity (Wildman–Crippen MR) is 114 cm³/mol. The van der Waals surface area contributed by atoms with Gasteiger partial charge in [0, 0.05) is 18.8 Å². The smallest absolute Gasteiger partial charge is 0.265 e. The van der Waals surface area contributed by atoms with Crippen molar-refractivity contribution >= 4 is 33.2 Å². The molecule has 4 rings (SSSR count). The van der Waals surface area contributed by atoms with Crippen LogP contribution in [-0.2, 0) is 24.3 Å². The topological polar surface area (TPSA) is 105 Å². The van der Waals surface area contributed by atoms with Crippen LogP contribution in [0.2, 0.25) is 0 Å². The van der Waals surface area contributed by atoms with Gasteiger partial charge in [0.05, 0.1) is 23.8 Å². The monoisotopic (exact) mass is 445 g/mol. The second-order valence-corrected chi connectivity index (χ2v) is 9.27. The lowest BCUT2D eigenvalue weighted by Gasteiger charge is -2.30. The number of ether oxygens (including phenoxy) is 2. The van der Waals surface area contributed by atoms with Crippen molar-refractivity contribution in [2.75, 3.05) is 49.7 Å². The van der Waals surface area contributed by atoms with Crippen molar-refractivity contribution in [2.24, 2.45) is 0 Å². The molecule has 2 aromatic carbocycles. The summed E-state index contributed by atoms with van der Waals surface area (Å²) in [5.74, 6) is -0.470. The van der Waals surface area contributed by atoms with Crippen LogP contribution in [0.5, 0.6) is 5.75 Å². The van der Waals surface area contributed by atoms with Crippen molar-refractivity contribution in [1.82, 2.24) is 4.31 Å². The molecule has 1 saturated heterocycles. The Bertz CT molecular complexity index is 1090. The second kappa shape index (κ2) is 8.66. The number of aryl methyl sites for hydroxylation is 1. The molecule has 2 aromatic rings. The molecule has 0 aliphatic carbocycles. The van der Waals surface area contributed by atoms with Crippen LogP contribution in [0.15, 0.2) is 47.4 Å². The molecular weight excluding hydrogens is 422 g/mol. The molecule has 164 valence electrons. The Morgan fingerprint density at radius 3 is 2.52 bits per heavy atom. The van der Waals surface area contributed by atoms with Crippen molar-refractivity contribution in [1.29, 1.82) is 0 Å². The first-order valence-electron chi connectivity index (χ1n) is 9.86. The first-order chi connectivity index (χ1) is 14.8. The third kappa shape index (κ3) is 4.55. The summed E-state index contributed by atoms with van der Waals surface area (Å²) >= 11 is 0. The summed E-state index contributed by atoms with van der Waals surface area (Å²) in [6.45, 7) is 2.64. The normalized spacial score (nSPS) is 17.1. The maximum absolute atomic E-state index is 13.0. The van der Waals surface area contributed by atoms with Crippen LogP contribution in [0.25, 0.3) is 0 Å². The van der Waals surface area contributed by atoms with Crippen molar-refractivity contribution in [2.45, 2.75) is 11.8 Å². The number of nitrogens with one attached hydrogen (secondary N) is 1. The van der Waals surface area contributed by atoms with Gasteiger partial charge in [-0.15, -0.1) is 0 Å². The molecule has 0 atom stereocenters. The minimum absolute atomic E-state index is 0.0374. The van der Waals surface area contributed by atoms with E-state index in [2.05, 4.69) is 5.32 Å². The average Bonchev–Trinajstić information content (AvgIpc) is 2.77. The predicted octanol–water partition coefficient (Wildman–Crippen LogP) is 1.38. The lowest BCUT2D eigenvalue weighted by atomic mass is 10.2. The fourth-order valence-electron chi connectivity index (χ4n) is 3.43. The number of amides is 2. The van der Waals surface area contributed by atoms with Crippen molar-refractivity contribution in [3.63, 3.8) is 0 Å². The second-order valence-electron chi connectivity index (χ2n) is 7.33. The number of rotatable bonds is 5. The highest BCUT2D eigenvalue weighted by molar-refractivity contribution is 7.89. The van der Waals surface area contributed by atoms with Crippen LogP contribution in [-0.4, -0.2) is 64.0 Å². The highest BCUT2D eigenvalue weighted by Gasteiger charge is 2.32. The van der Waals surface area contributed by atoms with E-state index in [4.69, 9.17) is 9.47 Å². The number of morpholine rings is 1. The Hall–Kier alpha value is -2.95. The number of nitrogens with zero attached hydrogens (tertiary/aromatic N) is 2. The van der Waals surface area contributed by atoms with E-state index in [9.17, 15) is 18.0 Å². The van der Waals surface area contributed by atoms with E-state index in [-0.39, 0.29) is 36.8 Å². The Morgan fingerprint density at radius 2 is 1.81 bits per heavy atom. The molecule has 0 bridgehead atoms. The highest BCUT2D eigenvalue weighted by atomic mass is 32.2. The van der Waals surface area contributed by atoms with Crippen LogP contribution < -0.4 is 15.0 Å². The molecule has 2 aliphatic heterocycles. The van der Waals surface area contributed by atoms with Gasteiger partial charge in [-0.2, -0.15) is 4.31 Å². The number of hydrogen-bond acceptors (Lipinski definition) is 6. The number of hydrogen-bond donors (Lipinski definition) is 1. The molecule has 2 aliphatic rings. The van der Waals surface area contributed by atoms with Gasteiger partial charge in [0.2, 0.25) is 15.9 Å². The molecule has 31 heavy (non-hydrogen) atoms. The Labute approximate surface area is 180 Å². The van der Waals surface area contributed by atoms with Gasteiger partial charge in [-0.1, -0.05) is 17.7 Å². The zero-order valence-corrected chi connectivity index (χ0v) is 17.9. The zero-order chi connectivity index (χ0) is 22.0. The Balaban J connectivity index is 1.58. The number of benzene rings is 2. The van der Waals surface area contributed by atoms with Gasteiger partial charge in [0.1, 0.15) is 12.3 Å². The standard InChI is InChI=1S/C21H23N3O6S/c1-15-2-4-16(5-3-15)22-20(25)13-24-18-12-17(6-7-19(18)30-14-21(24)26)31(27,28)23-8-10-29-11-9-23/h2-7,12H,8-11,13-14H2,1H3,(H,22,25). The van der Waals surface area contributed by atoms with E-state index >= 15 is 0 Å². The zero-order valence-electron chi connectivity index (χ0n) is 17.0. The van der Waals surface area contributed by atoms with Crippen LogP contribution >= 0.6 is 0 Å². The molecule has 0 spiro atoms. The molecular formula is C21H23N3O6S. The molecule has 10 heteroatoms. The number of carbonyl (C=O) groups excluding carboxylic acids is 2. The summed E-state index contributed by atoms with van der Waals surface area (Å²) in [5.41, 5.74) is 1.93. The van der Waals surface area contributed by atoms with E-state index in [1.165, 1.54) is 27.4 Å². The number of fused-ring (bicyclic) bond motifs is 1. The molecule has 1 N–H and O–H groups in total. The summed E-state index contributed by atoms with van der Waals surface area (Å²) in [7, 11) is -3.76. The minimum atomic E-state index is -3.76. The van der Waals surface area contributed by atoms with Crippen molar-refractivity contribution < 1.29 is 27.5 Å². The summed E-state index contributed by atoms with van der Waals surface area (Å²) in [5, 5.41) is 2.75. The van der Waals surface area contributed by atoms with Crippen LogP contribution in [0.1, 0.15) is 5.56 Å². The number of anilines is 2. The molecule has 2 amide bonds. The maximum atomic E-state index is 13.0. The molecule has 0 aromatic heterocycles. The number of sulfonamides is 1. The quantitative estimate of drug-likeness (QED) is 0.746. The summed E-state index contributed by atoms with van der Waals surface area (Å²) in [6, 6.07) is 11.6. The Morgan fingerprint density at radius 1 is 1.10 bits per heavy atom. The van der Waals surface area contributed by atoms with Crippen LogP contribution in [0.4, 0.5) is 11.4 Å². The number of carbonyl (C=O) groups is 2. The largest absolute Gasteiger partial charge is 0.482 e. The SMILES string of the molecule is Cc1ccc(NC(=O)CN2C(=O)COc3ccc(S(=O)(=O)N4CCOCC4)cc32)cc1. The molecule has 0 unspecified atom stereocenters. The van der Waals surface area contributed by atoms with E-state index in [0.717, 1.165) is 5.56 Å². The molecule has 1 fully saturated rings. The molecule has 9 nitrogen and oxygen atoms in total. The van der Waals surface area contributed by atoms with Gasteiger partial charge in [-0.3, -0.25) is 14.5 Å². The van der Waals surface area contributed by atoms with Gasteiger partial charge in [0.25, 0.3) is 5.91 Å². The summed E-state index contributed by atoms with van der Waals surface area (Å²) in [4.78, 5) is 26.3. The molecule has 2 heterocycles. The first kappa shape index (κ1) is 21.3. The summed E-state index contributed by atoms with van der Waals surface area (Å²) < 4.78 is 38.0. The highest BCUT2D eigenvalue weighted by Crippen LogP contribution is 2.35. The van der Waals surface area contributed by atoms with Gasteiger partial charge in [-0.05, 0) is 37.3 Å². The van der Waals surface area contributed by atoms with E-state index in [0.29, 0.717) is 24.7 Å². The Kier molecular flexibility index (Phi) is 5.94. The average molecular weight is 445 g/mol. The van der Waals surface area contributed by atoms with Gasteiger partial charge < -0.3 is 14.8 Å². The van der Waals surface area contributed by atoms with Gasteiger partial charge in [0.15, 0.2) is 6.61 Å². The third-order valence-corrected chi connectivity index (χ3v) is 7.01. The molecule has 0 radical (unpaired) electrons. The van der Waals surface area contributed by atoms with E-state index < -0.39 is 21.8 Å². The van der Waals surface area contributed by atoms with Crippen LogP contribution in [0, 0.1) is 6.92 Å². The molecule has 0 saturated carbocycles. The lowest BCUT2D eigenvalue weighted by Crippen LogP contribution is -2.44. The van der Waals surface area contributed by atoms with Gasteiger partial charge >= 0.3 is 0 Å². The van der Waals surface area contributed by atoms with Crippen molar-refractivity contribution in [3.8, 4) is 5.75 Å². The fraction of sp³-hybridized carbons (Fsp3) is 0.333. The van der Waals surface area contributed by atoms with E-state index in [1.54, 1.807) is 12.1 Å². The van der Waals surface area contributed by atoms with E-state index in [1.807, 2.05) is 19.1 Å². The maximum Gasteiger partial charge on any atom is 0.265 e. The summed E-state index contributed by atoms with van der Waals surface area (Å²) in [6.07, 6.45) is 0. The first-order valence-corrected chi connectivity index (χ1v) is 11.3. The van der Waals surface area contributed by atoms with Crippen LogP contribution in [0.3, 0.4) is 0 Å². The van der Waals surface area contributed by atoms with Gasteiger partial charge in [-0.25, -0.2) is 8.42 Å². The van der Waals surface area contributed by atoms with Crippen molar-refractivity contribution in [3.05, 3.63) is 48.0 Å². The lowest BCUT2D eigenvalue weighted by molar-refractivity contribution is -0.123.